The SMILES string of the molecule is CC[C@H]1CN[C@@H](C(=O)N2C[C@H](Cc3ccccc3Cl)C[C@H]2C(=O)NCc2ccc3c(c2)nnn3C)C1. The van der Waals surface area contributed by atoms with Crippen molar-refractivity contribution in [2.75, 3.05) is 13.1 Å². The van der Waals surface area contributed by atoms with Crippen molar-refractivity contribution in [2.45, 2.75) is 51.2 Å². The number of amides is 2. The minimum absolute atomic E-state index is 0.0359. The third-order valence-electron chi connectivity index (χ3n) is 7.68. The molecule has 2 N–H and O–H groups in total. The van der Waals surface area contributed by atoms with E-state index in [9.17, 15) is 9.59 Å². The molecular weight excluding hydrogens is 476 g/mol. The normalized spacial score (nSPS) is 23.9. The molecule has 190 valence electrons. The highest BCUT2D eigenvalue weighted by molar-refractivity contribution is 6.31. The van der Waals surface area contributed by atoms with Crippen LogP contribution in [0, 0.1) is 11.8 Å². The second-order valence-corrected chi connectivity index (χ2v) is 10.5. The summed E-state index contributed by atoms with van der Waals surface area (Å²) in [5.74, 6) is 0.593. The summed E-state index contributed by atoms with van der Waals surface area (Å²) in [6.45, 7) is 3.94. The molecule has 3 aromatic rings. The summed E-state index contributed by atoms with van der Waals surface area (Å²) in [5.41, 5.74) is 3.73. The minimum Gasteiger partial charge on any atom is -0.350 e. The van der Waals surface area contributed by atoms with Gasteiger partial charge in [-0.3, -0.25) is 9.59 Å². The van der Waals surface area contributed by atoms with E-state index in [1.54, 1.807) is 9.58 Å². The van der Waals surface area contributed by atoms with Gasteiger partial charge in [0.2, 0.25) is 11.8 Å². The van der Waals surface area contributed by atoms with Crippen LogP contribution in [0.3, 0.4) is 0 Å². The Morgan fingerprint density at radius 3 is 2.78 bits per heavy atom. The molecule has 0 saturated carbocycles. The molecule has 0 aliphatic carbocycles. The maximum Gasteiger partial charge on any atom is 0.243 e. The monoisotopic (exact) mass is 508 g/mol. The largest absolute Gasteiger partial charge is 0.350 e. The molecule has 2 aliphatic rings. The molecule has 2 aromatic carbocycles. The number of carbonyl (C=O) groups is 2. The van der Waals surface area contributed by atoms with Crippen LogP contribution in [0.1, 0.15) is 37.3 Å². The van der Waals surface area contributed by atoms with Gasteiger partial charge in [0.05, 0.1) is 11.6 Å². The molecule has 0 radical (unpaired) electrons. The lowest BCUT2D eigenvalue weighted by Crippen LogP contribution is -2.51. The molecule has 2 fully saturated rings. The molecule has 0 bridgehead atoms. The third-order valence-corrected chi connectivity index (χ3v) is 8.05. The molecule has 1 aromatic heterocycles. The van der Waals surface area contributed by atoms with E-state index in [0.717, 1.165) is 53.0 Å². The number of fused-ring (bicyclic) bond motifs is 1. The van der Waals surface area contributed by atoms with Gasteiger partial charge in [-0.05, 0) is 67.0 Å². The third kappa shape index (κ3) is 5.11. The number of hydrogen-bond donors (Lipinski definition) is 2. The average molecular weight is 509 g/mol. The van der Waals surface area contributed by atoms with Crippen molar-refractivity contribution in [1.82, 2.24) is 30.5 Å². The highest BCUT2D eigenvalue weighted by Crippen LogP contribution is 2.31. The van der Waals surface area contributed by atoms with Crippen molar-refractivity contribution >= 4 is 34.4 Å². The van der Waals surface area contributed by atoms with Crippen molar-refractivity contribution in [3.8, 4) is 0 Å². The quantitative estimate of drug-likeness (QED) is 0.511. The van der Waals surface area contributed by atoms with E-state index in [2.05, 4.69) is 27.9 Å². The number of carbonyl (C=O) groups excluding carboxylic acids is 2. The summed E-state index contributed by atoms with van der Waals surface area (Å²) in [6, 6.07) is 13.0. The standard InChI is InChI=1S/C27H33ClN6O2/c1-3-17-11-23(29-14-17)27(36)34-16-19(10-20-6-4-5-7-21(20)28)13-25(34)26(35)30-15-18-8-9-24-22(12-18)31-32-33(24)2/h4-9,12,17,19,23,25,29H,3,10-11,13-16H2,1-2H3,(H,30,35)/t17-,19-,23-,25+/m1/s1. The van der Waals surface area contributed by atoms with E-state index < -0.39 is 6.04 Å². The zero-order valence-electron chi connectivity index (χ0n) is 20.8. The number of likely N-dealkylation sites (tertiary alicyclic amines) is 1. The van der Waals surface area contributed by atoms with E-state index in [-0.39, 0.29) is 23.8 Å². The van der Waals surface area contributed by atoms with Crippen LogP contribution in [0.25, 0.3) is 11.0 Å². The number of halogens is 1. The second-order valence-electron chi connectivity index (χ2n) is 10.1. The molecule has 5 rings (SSSR count). The van der Waals surface area contributed by atoms with Gasteiger partial charge >= 0.3 is 0 Å². The molecular formula is C27H33ClN6O2. The van der Waals surface area contributed by atoms with Crippen LogP contribution in [0.15, 0.2) is 42.5 Å². The number of nitrogens with zero attached hydrogens (tertiary/aromatic N) is 4. The zero-order chi connectivity index (χ0) is 25.2. The second kappa shape index (κ2) is 10.6. The van der Waals surface area contributed by atoms with Crippen molar-refractivity contribution < 1.29 is 9.59 Å². The fourth-order valence-electron chi connectivity index (χ4n) is 5.55. The molecule has 0 unspecified atom stereocenters. The fraction of sp³-hybridized carbons (Fsp3) is 0.481. The van der Waals surface area contributed by atoms with Crippen LogP contribution in [-0.4, -0.2) is 56.9 Å². The van der Waals surface area contributed by atoms with Gasteiger partial charge in [0.25, 0.3) is 0 Å². The Morgan fingerprint density at radius 2 is 2.00 bits per heavy atom. The molecule has 2 aliphatic heterocycles. The molecule has 3 heterocycles. The summed E-state index contributed by atoms with van der Waals surface area (Å²) >= 11 is 6.42. The van der Waals surface area contributed by atoms with Crippen molar-refractivity contribution in [1.29, 1.82) is 0 Å². The first-order valence-corrected chi connectivity index (χ1v) is 13.1. The van der Waals surface area contributed by atoms with Crippen LogP contribution in [-0.2, 0) is 29.6 Å². The summed E-state index contributed by atoms with van der Waals surface area (Å²) in [7, 11) is 1.85. The van der Waals surface area contributed by atoms with E-state index in [1.807, 2.05) is 49.5 Å². The maximum absolute atomic E-state index is 13.6. The number of nitrogens with one attached hydrogen (secondary N) is 2. The number of aromatic nitrogens is 3. The topological polar surface area (TPSA) is 92.2 Å². The first-order chi connectivity index (χ1) is 17.4. The van der Waals surface area contributed by atoms with E-state index in [1.165, 1.54) is 0 Å². The molecule has 9 heteroatoms. The van der Waals surface area contributed by atoms with Gasteiger partial charge in [0.15, 0.2) is 0 Å². The minimum atomic E-state index is -0.493. The van der Waals surface area contributed by atoms with Gasteiger partial charge in [0, 0.05) is 25.2 Å². The van der Waals surface area contributed by atoms with Crippen LogP contribution in [0.4, 0.5) is 0 Å². The smallest absolute Gasteiger partial charge is 0.243 e. The van der Waals surface area contributed by atoms with Crippen molar-refractivity contribution in [3.05, 3.63) is 58.6 Å². The Hall–Kier alpha value is -2.97. The van der Waals surface area contributed by atoms with Gasteiger partial charge in [-0.25, -0.2) is 4.68 Å². The fourth-order valence-corrected chi connectivity index (χ4v) is 5.76. The van der Waals surface area contributed by atoms with Crippen LogP contribution in [0.2, 0.25) is 5.02 Å². The Labute approximate surface area is 216 Å². The Morgan fingerprint density at radius 1 is 1.17 bits per heavy atom. The summed E-state index contributed by atoms with van der Waals surface area (Å²) in [4.78, 5) is 28.8. The summed E-state index contributed by atoms with van der Waals surface area (Å²) in [6.07, 6.45) is 3.24. The van der Waals surface area contributed by atoms with Crippen molar-refractivity contribution in [2.24, 2.45) is 18.9 Å². The lowest BCUT2D eigenvalue weighted by Gasteiger charge is -2.27. The molecule has 4 atom stereocenters. The molecule has 8 nitrogen and oxygen atoms in total. The molecule has 0 spiro atoms. The zero-order valence-corrected chi connectivity index (χ0v) is 21.5. The Kier molecular flexibility index (Phi) is 7.25. The first kappa shape index (κ1) is 24.7. The van der Waals surface area contributed by atoms with Crippen LogP contribution >= 0.6 is 11.6 Å². The lowest BCUT2D eigenvalue weighted by atomic mass is 9.96. The highest BCUT2D eigenvalue weighted by Gasteiger charge is 2.43. The van der Waals surface area contributed by atoms with Crippen LogP contribution < -0.4 is 10.6 Å². The number of benzene rings is 2. The van der Waals surface area contributed by atoms with Crippen molar-refractivity contribution in [3.63, 3.8) is 0 Å². The van der Waals surface area contributed by atoms with Gasteiger partial charge in [-0.2, -0.15) is 0 Å². The van der Waals surface area contributed by atoms with Crippen LogP contribution in [0.5, 0.6) is 0 Å². The first-order valence-electron chi connectivity index (χ1n) is 12.8. The van der Waals surface area contributed by atoms with E-state index >= 15 is 0 Å². The number of rotatable bonds is 7. The van der Waals surface area contributed by atoms with Gasteiger partial charge < -0.3 is 15.5 Å². The van der Waals surface area contributed by atoms with E-state index in [0.29, 0.717) is 25.4 Å². The van der Waals surface area contributed by atoms with Gasteiger partial charge in [0.1, 0.15) is 11.6 Å². The predicted molar refractivity (Wildman–Crippen MR) is 139 cm³/mol. The van der Waals surface area contributed by atoms with E-state index in [4.69, 9.17) is 11.6 Å². The predicted octanol–water partition coefficient (Wildman–Crippen LogP) is 3.09. The maximum atomic E-state index is 13.6. The average Bonchev–Trinajstić information content (AvgIpc) is 3.62. The Balaban J connectivity index is 1.30. The lowest BCUT2D eigenvalue weighted by molar-refractivity contribution is -0.139. The van der Waals surface area contributed by atoms with Gasteiger partial charge in [-0.15, -0.1) is 5.10 Å². The number of aryl methyl sites for hydroxylation is 1. The summed E-state index contributed by atoms with van der Waals surface area (Å²) < 4.78 is 1.72. The summed E-state index contributed by atoms with van der Waals surface area (Å²) in [5, 5.41) is 15.4. The molecule has 2 saturated heterocycles. The van der Waals surface area contributed by atoms with Gasteiger partial charge in [-0.1, -0.05) is 54.4 Å². The molecule has 2 amide bonds. The molecule has 36 heavy (non-hydrogen) atoms. The number of hydrogen-bond acceptors (Lipinski definition) is 5. The highest BCUT2D eigenvalue weighted by atomic mass is 35.5. The Bertz CT molecular complexity index is 1260.